The van der Waals surface area contributed by atoms with Crippen LogP contribution in [-0.4, -0.2) is 126 Å². The number of amides is 6. The van der Waals surface area contributed by atoms with Gasteiger partial charge in [0.05, 0.1) is 18.3 Å². The fraction of sp³-hybridized carbons (Fsp3) is 0.595. The van der Waals surface area contributed by atoms with E-state index in [2.05, 4.69) is 21.9 Å². The molecule has 0 radical (unpaired) electrons. The van der Waals surface area contributed by atoms with Gasteiger partial charge in [0.2, 0.25) is 21.8 Å². The molecule has 3 N–H and O–H groups in total. The van der Waals surface area contributed by atoms with Gasteiger partial charge in [-0.1, -0.05) is 18.2 Å². The average Bonchev–Trinajstić information content (AvgIpc) is 3.95. The third kappa shape index (κ3) is 9.15. The molecule has 18 nitrogen and oxygen atoms in total. The summed E-state index contributed by atoms with van der Waals surface area (Å²) in [5, 5.41) is 4.38. The second-order valence-electron chi connectivity index (χ2n) is 16.1. The maximum absolute atomic E-state index is 14.6. The Kier molecular flexibility index (Phi) is 11.3. The molecule has 3 heterocycles. The molecule has 0 spiro atoms. The number of cyclic esters (lactones) is 1. The van der Waals surface area contributed by atoms with Gasteiger partial charge in [-0.15, -0.1) is 6.58 Å². The van der Waals surface area contributed by atoms with Crippen LogP contribution in [0.15, 0.2) is 30.9 Å². The predicted octanol–water partition coefficient (Wildman–Crippen LogP) is 0.974. The molecule has 6 rings (SSSR count). The van der Waals surface area contributed by atoms with Crippen molar-refractivity contribution in [2.75, 3.05) is 20.1 Å². The molecule has 2 saturated heterocycles. The number of likely N-dealkylation sites (N-methyl/N-ethyl adjacent to an activating group) is 1. The molecule has 1 aromatic rings. The van der Waals surface area contributed by atoms with E-state index in [0.29, 0.717) is 24.0 Å². The fourth-order valence-electron chi connectivity index (χ4n) is 7.27. The van der Waals surface area contributed by atoms with Crippen LogP contribution in [0, 0.1) is 11.7 Å². The average molecular weight is 819 g/mol. The lowest BCUT2D eigenvalue weighted by Gasteiger charge is -2.32. The summed E-state index contributed by atoms with van der Waals surface area (Å²) < 4.78 is 58.2. The topological polar surface area (TPSA) is 227 Å². The van der Waals surface area contributed by atoms with Gasteiger partial charge in [-0.05, 0) is 51.7 Å². The molecule has 0 bridgehead atoms. The van der Waals surface area contributed by atoms with E-state index in [1.54, 1.807) is 26.8 Å². The van der Waals surface area contributed by atoms with E-state index in [9.17, 15) is 46.4 Å². The lowest BCUT2D eigenvalue weighted by atomic mass is 10.1. The van der Waals surface area contributed by atoms with Gasteiger partial charge in [0.25, 0.3) is 11.8 Å². The Bertz CT molecular complexity index is 1990. The van der Waals surface area contributed by atoms with Crippen LogP contribution in [0.5, 0.6) is 0 Å². The van der Waals surface area contributed by atoms with Gasteiger partial charge in [-0.2, -0.15) is 0 Å². The minimum atomic E-state index is -4.00. The van der Waals surface area contributed by atoms with Gasteiger partial charge in [0.1, 0.15) is 35.1 Å². The maximum atomic E-state index is 14.6. The standard InChI is InChI=1S/C37H47FN6O12S/c1-6-21-15-37(21,33(49)41-57(52,53)23-10-11-23)40-30(46)27-14-22(54-35(51)43-16-20-8-7-9-25(38)24(20)18-43)17-44(27)31(47)26(39-34(50)56-36(2,3)4)19-42(5)32(48)28-12-13-29(45)55-28/h6-9,21-23,26-28H,1,10-19H2,2-5H3,(H,39,50)(H,40,46)(H,41,49)/t21-,22?,26+,27+,28-,37-/m1/s1. The Labute approximate surface area is 328 Å². The summed E-state index contributed by atoms with van der Waals surface area (Å²) in [4.78, 5) is 97.1. The molecule has 6 atom stereocenters. The Morgan fingerprint density at radius 2 is 1.86 bits per heavy atom. The van der Waals surface area contributed by atoms with E-state index in [1.807, 2.05) is 0 Å². The maximum Gasteiger partial charge on any atom is 0.410 e. The number of hydrogen-bond donors (Lipinski definition) is 3. The van der Waals surface area contributed by atoms with E-state index in [-0.39, 0.29) is 45.3 Å². The smallest absolute Gasteiger partial charge is 0.410 e. The first kappa shape index (κ1) is 41.4. The van der Waals surface area contributed by atoms with Crippen LogP contribution < -0.4 is 15.4 Å². The summed E-state index contributed by atoms with van der Waals surface area (Å²) in [5.74, 6) is -5.11. The van der Waals surface area contributed by atoms with Crippen molar-refractivity contribution in [2.45, 2.75) is 113 Å². The van der Waals surface area contributed by atoms with Gasteiger partial charge in [0.15, 0.2) is 6.10 Å². The highest BCUT2D eigenvalue weighted by Gasteiger charge is 2.62. The number of benzene rings is 1. The third-order valence-corrected chi connectivity index (χ3v) is 12.3. The van der Waals surface area contributed by atoms with Gasteiger partial charge >= 0.3 is 18.2 Å². The molecule has 3 aliphatic heterocycles. The van der Waals surface area contributed by atoms with Crippen molar-refractivity contribution in [2.24, 2.45) is 5.92 Å². The number of hydrogen-bond acceptors (Lipinski definition) is 12. The molecule has 4 fully saturated rings. The Morgan fingerprint density at radius 1 is 1.14 bits per heavy atom. The summed E-state index contributed by atoms with van der Waals surface area (Å²) >= 11 is 0. The first-order valence-corrected chi connectivity index (χ1v) is 20.2. The number of fused-ring (bicyclic) bond motifs is 1. The molecule has 57 heavy (non-hydrogen) atoms. The number of halogens is 1. The number of rotatable bonds is 12. The molecule has 2 aliphatic carbocycles. The molecule has 20 heteroatoms. The zero-order valence-corrected chi connectivity index (χ0v) is 32.9. The SMILES string of the molecule is C=C[C@@H]1C[C@]1(NC(=O)[C@@H]1CC(OC(=O)N2Cc3cccc(F)c3C2)CN1C(=O)[C@H](CN(C)C(=O)[C@H]1CCC(=O)O1)NC(=O)OC(C)(C)C)C(=O)NS(=O)(=O)C1CC1. The van der Waals surface area contributed by atoms with Gasteiger partial charge in [0, 0.05) is 50.9 Å². The highest BCUT2D eigenvalue weighted by molar-refractivity contribution is 7.91. The van der Waals surface area contributed by atoms with Crippen molar-refractivity contribution in [3.8, 4) is 0 Å². The van der Waals surface area contributed by atoms with Gasteiger partial charge in [-0.3, -0.25) is 33.6 Å². The molecular weight excluding hydrogens is 772 g/mol. The largest absolute Gasteiger partial charge is 0.452 e. The van der Waals surface area contributed by atoms with Gasteiger partial charge < -0.3 is 34.6 Å². The van der Waals surface area contributed by atoms with Crippen LogP contribution in [0.4, 0.5) is 14.0 Å². The number of likely N-dealkylation sites (tertiary alicyclic amines) is 1. The van der Waals surface area contributed by atoms with Crippen molar-refractivity contribution in [3.05, 3.63) is 47.8 Å². The van der Waals surface area contributed by atoms with Crippen molar-refractivity contribution in [3.63, 3.8) is 0 Å². The zero-order valence-electron chi connectivity index (χ0n) is 32.1. The number of carbonyl (C=O) groups excluding carboxylic acids is 7. The number of esters is 1. The molecule has 2 saturated carbocycles. The lowest BCUT2D eigenvalue weighted by Crippen LogP contribution is -2.60. The first-order valence-electron chi connectivity index (χ1n) is 18.7. The highest BCUT2D eigenvalue weighted by Crippen LogP contribution is 2.45. The van der Waals surface area contributed by atoms with Crippen LogP contribution in [0.2, 0.25) is 0 Å². The predicted molar refractivity (Wildman–Crippen MR) is 195 cm³/mol. The molecule has 0 aromatic heterocycles. The number of nitrogens with one attached hydrogen (secondary N) is 3. The van der Waals surface area contributed by atoms with E-state index < -0.39 is 111 Å². The number of ether oxygens (including phenoxy) is 3. The zero-order chi connectivity index (χ0) is 41.6. The molecule has 1 unspecified atom stereocenters. The number of carbonyl (C=O) groups is 7. The van der Waals surface area contributed by atoms with Crippen LogP contribution in [-0.2, 0) is 61.3 Å². The normalized spacial score (nSPS) is 25.7. The Balaban J connectivity index is 1.25. The molecule has 6 amide bonds. The Morgan fingerprint density at radius 3 is 2.46 bits per heavy atom. The van der Waals surface area contributed by atoms with E-state index in [1.165, 1.54) is 30.2 Å². The molecule has 1 aromatic carbocycles. The van der Waals surface area contributed by atoms with Crippen molar-refractivity contribution >= 4 is 51.8 Å². The van der Waals surface area contributed by atoms with E-state index in [0.717, 1.165) is 9.80 Å². The summed E-state index contributed by atoms with van der Waals surface area (Å²) in [6.45, 7) is 7.60. The number of sulfonamides is 1. The van der Waals surface area contributed by atoms with Crippen LogP contribution in [0.1, 0.15) is 70.4 Å². The van der Waals surface area contributed by atoms with Crippen molar-refractivity contribution in [1.82, 2.24) is 30.1 Å². The van der Waals surface area contributed by atoms with Crippen LogP contribution in [0.3, 0.4) is 0 Å². The van der Waals surface area contributed by atoms with Crippen molar-refractivity contribution < 1.29 is 60.6 Å². The third-order valence-electron chi connectivity index (χ3n) is 10.5. The summed E-state index contributed by atoms with van der Waals surface area (Å²) in [6.07, 6.45) is -2.09. The first-order chi connectivity index (χ1) is 26.7. The summed E-state index contributed by atoms with van der Waals surface area (Å²) in [5.41, 5.74) is -1.80. The monoisotopic (exact) mass is 818 g/mol. The van der Waals surface area contributed by atoms with E-state index >= 15 is 0 Å². The van der Waals surface area contributed by atoms with Crippen LogP contribution in [0.25, 0.3) is 0 Å². The fourth-order valence-corrected chi connectivity index (χ4v) is 8.63. The molecule has 5 aliphatic rings. The quantitative estimate of drug-likeness (QED) is 0.152. The minimum absolute atomic E-state index is 0.0148. The summed E-state index contributed by atoms with van der Waals surface area (Å²) in [6, 6.07) is 1.46. The highest BCUT2D eigenvalue weighted by atomic mass is 32.2. The minimum Gasteiger partial charge on any atom is -0.452 e. The van der Waals surface area contributed by atoms with Crippen LogP contribution >= 0.6 is 0 Å². The van der Waals surface area contributed by atoms with Crippen molar-refractivity contribution in [1.29, 1.82) is 0 Å². The van der Waals surface area contributed by atoms with E-state index in [4.69, 9.17) is 14.2 Å². The van der Waals surface area contributed by atoms with Gasteiger partial charge in [-0.25, -0.2) is 22.4 Å². The lowest BCUT2D eigenvalue weighted by molar-refractivity contribution is -0.153. The number of alkyl carbamates (subject to hydrolysis) is 1. The second-order valence-corrected chi connectivity index (χ2v) is 18.1. The number of nitrogens with zero attached hydrogens (tertiary/aromatic N) is 3. The second kappa shape index (κ2) is 15.6. The molecular formula is C37H47FN6O12S. The molecule has 310 valence electrons. The Hall–Kier alpha value is -5.27. The summed E-state index contributed by atoms with van der Waals surface area (Å²) in [7, 11) is -2.67.